The van der Waals surface area contributed by atoms with Crippen molar-refractivity contribution in [3.8, 4) is 0 Å². The van der Waals surface area contributed by atoms with E-state index in [2.05, 4.69) is 22.9 Å². The Labute approximate surface area is 313 Å². The van der Waals surface area contributed by atoms with Gasteiger partial charge in [0.1, 0.15) is 11.6 Å². The van der Waals surface area contributed by atoms with E-state index >= 15 is 0 Å². The Balaban J connectivity index is 3.57. The van der Waals surface area contributed by atoms with Crippen molar-refractivity contribution in [2.45, 2.75) is 168 Å². The highest BCUT2D eigenvalue weighted by molar-refractivity contribution is 5.87. The fraction of sp³-hybridized carbons (Fsp3) is 0.872. The van der Waals surface area contributed by atoms with Crippen molar-refractivity contribution in [1.82, 2.24) is 16.0 Å². The number of carbonyl (C=O) groups is 5. The molecular formula is C39H73N3O10. The smallest absolute Gasteiger partial charge is 0.329 e. The van der Waals surface area contributed by atoms with Crippen LogP contribution in [0.15, 0.2) is 0 Å². The molecule has 0 heterocycles. The number of hydrogen-bond acceptors (Lipinski definition) is 9. The average molecular weight is 744 g/mol. The summed E-state index contributed by atoms with van der Waals surface area (Å²) in [5, 5.41) is 17.1. The molecule has 1 unspecified atom stereocenters. The number of carboxylic acids is 1. The van der Waals surface area contributed by atoms with Gasteiger partial charge in [0.25, 0.3) is 0 Å². The van der Waals surface area contributed by atoms with Crippen LogP contribution in [-0.2, 0) is 42.9 Å². The second kappa shape index (κ2) is 34.0. The second-order valence-electron chi connectivity index (χ2n) is 14.3. The van der Waals surface area contributed by atoms with E-state index in [1.54, 1.807) is 20.8 Å². The number of carboxylic acid groups (broad SMARTS) is 1. The van der Waals surface area contributed by atoms with Crippen LogP contribution in [0.1, 0.15) is 156 Å². The topological polar surface area (TPSA) is 179 Å². The van der Waals surface area contributed by atoms with Crippen molar-refractivity contribution < 1.29 is 48.0 Å². The normalized spacial score (nSPS) is 11.9. The lowest BCUT2D eigenvalue weighted by atomic mass is 10.0. The van der Waals surface area contributed by atoms with E-state index < -0.39 is 29.5 Å². The molecular weight excluding hydrogens is 670 g/mol. The highest BCUT2D eigenvalue weighted by Crippen LogP contribution is 2.13. The third kappa shape index (κ3) is 35.6. The number of hydrogen-bond donors (Lipinski definition) is 4. The maximum atomic E-state index is 12.4. The molecule has 0 radical (unpaired) electrons. The summed E-state index contributed by atoms with van der Waals surface area (Å²) >= 11 is 0. The van der Waals surface area contributed by atoms with Gasteiger partial charge in [-0.1, -0.05) is 84.0 Å². The van der Waals surface area contributed by atoms with Gasteiger partial charge in [-0.2, -0.15) is 0 Å². The summed E-state index contributed by atoms with van der Waals surface area (Å²) in [5.41, 5.74) is -0.789. The molecule has 0 aliphatic carbocycles. The predicted molar refractivity (Wildman–Crippen MR) is 202 cm³/mol. The Morgan fingerprint density at radius 1 is 0.538 bits per heavy atom. The third-order valence-corrected chi connectivity index (χ3v) is 8.08. The van der Waals surface area contributed by atoms with E-state index in [0.29, 0.717) is 65.6 Å². The fourth-order valence-corrected chi connectivity index (χ4v) is 5.21. The van der Waals surface area contributed by atoms with Gasteiger partial charge in [-0.15, -0.1) is 0 Å². The van der Waals surface area contributed by atoms with Crippen LogP contribution in [0.2, 0.25) is 0 Å². The molecule has 0 saturated heterocycles. The van der Waals surface area contributed by atoms with Crippen molar-refractivity contribution >= 4 is 29.7 Å². The molecule has 0 fully saturated rings. The highest BCUT2D eigenvalue weighted by atomic mass is 16.6. The van der Waals surface area contributed by atoms with E-state index in [-0.39, 0.29) is 37.5 Å². The molecule has 0 saturated carbocycles. The van der Waals surface area contributed by atoms with Gasteiger partial charge >= 0.3 is 11.9 Å². The first kappa shape index (κ1) is 49.2. The third-order valence-electron chi connectivity index (χ3n) is 8.08. The molecule has 304 valence electrons. The molecule has 4 N–H and O–H groups in total. The van der Waals surface area contributed by atoms with E-state index in [1.165, 1.54) is 70.6 Å². The molecule has 0 aromatic rings. The number of unbranched alkanes of at least 4 members (excludes halogenated alkanes) is 12. The summed E-state index contributed by atoms with van der Waals surface area (Å²) in [5.74, 6) is -2.54. The molecule has 1 atom stereocenters. The lowest BCUT2D eigenvalue weighted by Crippen LogP contribution is -2.44. The quantitative estimate of drug-likeness (QED) is 0.0439. The number of aliphatic carboxylic acids is 1. The summed E-state index contributed by atoms with van der Waals surface area (Å²) in [6, 6.07) is -1.10. The van der Waals surface area contributed by atoms with E-state index in [1.807, 2.05) is 0 Å². The van der Waals surface area contributed by atoms with Crippen LogP contribution in [-0.4, -0.2) is 99.1 Å². The first-order chi connectivity index (χ1) is 24.9. The van der Waals surface area contributed by atoms with Crippen LogP contribution < -0.4 is 16.0 Å². The van der Waals surface area contributed by atoms with Gasteiger partial charge in [0.05, 0.1) is 26.4 Å². The van der Waals surface area contributed by atoms with Crippen molar-refractivity contribution in [3.63, 3.8) is 0 Å². The number of ether oxygens (including phenoxy) is 4. The fourth-order valence-electron chi connectivity index (χ4n) is 5.21. The van der Waals surface area contributed by atoms with Crippen molar-refractivity contribution in [3.05, 3.63) is 0 Å². The number of carbonyl (C=O) groups excluding carboxylic acids is 4. The molecule has 13 heteroatoms. The van der Waals surface area contributed by atoms with Gasteiger partial charge < -0.3 is 40.0 Å². The number of amides is 3. The molecule has 0 aromatic carbocycles. The summed E-state index contributed by atoms with van der Waals surface area (Å²) in [6.45, 7) is 11.1. The zero-order valence-corrected chi connectivity index (χ0v) is 33.0. The first-order valence-corrected chi connectivity index (χ1v) is 19.9. The van der Waals surface area contributed by atoms with Gasteiger partial charge in [-0.3, -0.25) is 19.2 Å². The predicted octanol–water partition coefficient (Wildman–Crippen LogP) is 6.00. The Bertz CT molecular complexity index is 942. The molecule has 13 nitrogen and oxygen atoms in total. The van der Waals surface area contributed by atoms with Gasteiger partial charge in [-0.05, 0) is 46.5 Å². The molecule has 0 aromatic heterocycles. The zero-order chi connectivity index (χ0) is 38.7. The standard InChI is InChI=1S/C39H73N3O10/c1-5-6-7-8-9-10-11-12-13-14-15-16-17-20-34(43)40-25-18-27-49-29-31-51-32-30-50-28-19-26-41-35(44)22-23-36(45)42-33(21-24-37(46)47)38(48)52-39(2,3)4/h33H,5-32H2,1-4H3,(H,40,43)(H,41,44)(H,42,45)(H,46,47). The van der Waals surface area contributed by atoms with Crippen LogP contribution >= 0.6 is 0 Å². The summed E-state index contributed by atoms with van der Waals surface area (Å²) < 4.78 is 21.8. The van der Waals surface area contributed by atoms with Crippen LogP contribution in [0.5, 0.6) is 0 Å². The van der Waals surface area contributed by atoms with E-state index in [0.717, 1.165) is 19.3 Å². The van der Waals surface area contributed by atoms with Crippen molar-refractivity contribution in [2.75, 3.05) is 52.7 Å². The number of esters is 1. The highest BCUT2D eigenvalue weighted by Gasteiger charge is 2.27. The lowest BCUT2D eigenvalue weighted by molar-refractivity contribution is -0.159. The van der Waals surface area contributed by atoms with Crippen molar-refractivity contribution in [2.24, 2.45) is 0 Å². The maximum absolute atomic E-state index is 12.4. The monoisotopic (exact) mass is 744 g/mol. The first-order valence-electron chi connectivity index (χ1n) is 19.9. The van der Waals surface area contributed by atoms with Gasteiger partial charge in [0.2, 0.25) is 17.7 Å². The molecule has 0 aliphatic heterocycles. The lowest BCUT2D eigenvalue weighted by Gasteiger charge is -2.24. The summed E-state index contributed by atoms with van der Waals surface area (Å²) in [7, 11) is 0. The second-order valence-corrected chi connectivity index (χ2v) is 14.3. The average Bonchev–Trinajstić information content (AvgIpc) is 3.08. The van der Waals surface area contributed by atoms with E-state index in [4.69, 9.17) is 24.1 Å². The number of nitrogens with one attached hydrogen (secondary N) is 3. The minimum Gasteiger partial charge on any atom is -0.481 e. The SMILES string of the molecule is CCCCCCCCCCCCCCCC(=O)NCCCOCCOCCOCCCNC(=O)CCC(=O)NC(CCC(=O)O)C(=O)OC(C)(C)C. The molecule has 0 bridgehead atoms. The molecule has 0 rings (SSSR count). The minimum absolute atomic E-state index is 0.0727. The van der Waals surface area contributed by atoms with Gasteiger partial charge in [0, 0.05) is 52.0 Å². The Morgan fingerprint density at radius 3 is 1.42 bits per heavy atom. The van der Waals surface area contributed by atoms with E-state index in [9.17, 15) is 24.0 Å². The van der Waals surface area contributed by atoms with Crippen LogP contribution in [0.4, 0.5) is 0 Å². The minimum atomic E-state index is -1.10. The Hall–Kier alpha value is -2.77. The maximum Gasteiger partial charge on any atom is 0.329 e. The molecule has 3 amide bonds. The number of rotatable bonds is 36. The summed E-state index contributed by atoms with van der Waals surface area (Å²) in [6.07, 6.45) is 18.2. The zero-order valence-electron chi connectivity index (χ0n) is 33.0. The van der Waals surface area contributed by atoms with Gasteiger partial charge in [-0.25, -0.2) is 4.79 Å². The Morgan fingerprint density at radius 2 is 0.962 bits per heavy atom. The Kier molecular flexibility index (Phi) is 32.2. The van der Waals surface area contributed by atoms with Crippen LogP contribution in [0.3, 0.4) is 0 Å². The van der Waals surface area contributed by atoms with Crippen LogP contribution in [0.25, 0.3) is 0 Å². The van der Waals surface area contributed by atoms with Crippen LogP contribution in [0, 0.1) is 0 Å². The molecule has 0 aliphatic rings. The molecule has 0 spiro atoms. The van der Waals surface area contributed by atoms with Gasteiger partial charge in [0.15, 0.2) is 0 Å². The molecule has 52 heavy (non-hydrogen) atoms. The largest absolute Gasteiger partial charge is 0.481 e. The summed E-state index contributed by atoms with van der Waals surface area (Å²) in [4.78, 5) is 59.7. The van der Waals surface area contributed by atoms with Crippen molar-refractivity contribution in [1.29, 1.82) is 0 Å².